The Morgan fingerprint density at radius 3 is 1.83 bits per heavy atom. The largest absolute Gasteiger partial charge is 0.444 e. The Morgan fingerprint density at radius 1 is 0.854 bits per heavy atom. The minimum absolute atomic E-state index is 0.148. The fourth-order valence-corrected chi connectivity index (χ4v) is 6.79. The van der Waals surface area contributed by atoms with Gasteiger partial charge in [-0.15, -0.1) is 0 Å². The van der Waals surface area contributed by atoms with E-state index in [1.54, 1.807) is 0 Å². The zero-order chi connectivity index (χ0) is 35.9. The zero-order valence-corrected chi connectivity index (χ0v) is 31.6. The highest BCUT2D eigenvalue weighted by molar-refractivity contribution is 6.74. The van der Waals surface area contributed by atoms with E-state index < -0.39 is 44.1 Å². The lowest BCUT2D eigenvalue weighted by Crippen LogP contribution is -2.58. The fraction of sp³-hybridized carbons (Fsp3) is 0.579. The Labute approximate surface area is 288 Å². The highest BCUT2D eigenvalue weighted by Gasteiger charge is 2.43. The predicted molar refractivity (Wildman–Crippen MR) is 192 cm³/mol. The summed E-state index contributed by atoms with van der Waals surface area (Å²) in [5.41, 5.74) is 1.27. The van der Waals surface area contributed by atoms with Crippen molar-refractivity contribution in [1.82, 2.24) is 15.5 Å². The average Bonchev–Trinajstić information content (AvgIpc) is 2.97. The molecule has 0 unspecified atom stereocenters. The van der Waals surface area contributed by atoms with Crippen LogP contribution in [0.4, 0.5) is 4.79 Å². The molecule has 3 rings (SSSR count). The number of β-lactam (4-membered cyclic amide) rings is 1. The SMILES string of the molecule is CC(C)[C@H](NC(=O)[C@@H](Cc1ccccc1)C[C@@H](O[Si](C)(C)C(C)(C)C)[C@H](Cc1ccccc1)NC(=O)OC(C)(C)C)C(=O)N1CCC1=O. The molecular formula is C38H57N3O6Si. The lowest BCUT2D eigenvalue weighted by molar-refractivity contribution is -0.155. The third-order valence-electron chi connectivity index (χ3n) is 9.26. The lowest BCUT2D eigenvalue weighted by Gasteiger charge is -2.42. The third kappa shape index (κ3) is 11.3. The molecule has 4 atom stereocenters. The summed E-state index contributed by atoms with van der Waals surface area (Å²) < 4.78 is 12.8. The van der Waals surface area contributed by atoms with Crippen molar-refractivity contribution in [2.75, 3.05) is 6.54 Å². The maximum atomic E-state index is 14.3. The number of ether oxygens (including phenoxy) is 1. The second-order valence-electron chi connectivity index (χ2n) is 15.8. The first-order valence-electron chi connectivity index (χ1n) is 17.2. The molecular weight excluding hydrogens is 623 g/mol. The Balaban J connectivity index is 2.06. The molecule has 264 valence electrons. The van der Waals surface area contributed by atoms with Gasteiger partial charge in [0.05, 0.1) is 12.1 Å². The van der Waals surface area contributed by atoms with Crippen LogP contribution in [0.1, 0.15) is 79.4 Å². The normalized spacial score (nSPS) is 16.4. The number of hydrogen-bond donors (Lipinski definition) is 2. The number of amides is 4. The molecule has 0 bridgehead atoms. The summed E-state index contributed by atoms with van der Waals surface area (Å²) in [7, 11) is -2.45. The van der Waals surface area contributed by atoms with Gasteiger partial charge in [0.1, 0.15) is 11.6 Å². The van der Waals surface area contributed by atoms with Gasteiger partial charge >= 0.3 is 6.09 Å². The number of nitrogens with one attached hydrogen (secondary N) is 2. The van der Waals surface area contributed by atoms with Crippen molar-refractivity contribution in [3.05, 3.63) is 71.8 Å². The van der Waals surface area contributed by atoms with Crippen LogP contribution in [0.3, 0.4) is 0 Å². The van der Waals surface area contributed by atoms with Gasteiger partial charge in [-0.3, -0.25) is 19.3 Å². The summed E-state index contributed by atoms with van der Waals surface area (Å²) in [5.74, 6) is -1.73. The molecule has 1 saturated heterocycles. The van der Waals surface area contributed by atoms with Crippen molar-refractivity contribution in [3.8, 4) is 0 Å². The molecule has 0 aromatic heterocycles. The van der Waals surface area contributed by atoms with Gasteiger partial charge < -0.3 is 19.8 Å². The molecule has 1 aliphatic heterocycles. The summed E-state index contributed by atoms with van der Waals surface area (Å²) in [5, 5.41) is 6.00. The van der Waals surface area contributed by atoms with Crippen molar-refractivity contribution in [2.24, 2.45) is 11.8 Å². The second kappa shape index (κ2) is 16.3. The molecule has 2 aromatic rings. The second-order valence-corrected chi connectivity index (χ2v) is 20.6. The fourth-order valence-electron chi connectivity index (χ4n) is 5.41. The number of likely N-dealkylation sites (tertiary alicyclic amines) is 1. The van der Waals surface area contributed by atoms with Crippen molar-refractivity contribution >= 4 is 32.1 Å². The van der Waals surface area contributed by atoms with Crippen LogP contribution in [0.2, 0.25) is 18.1 Å². The van der Waals surface area contributed by atoms with Crippen LogP contribution in [0.5, 0.6) is 0 Å². The monoisotopic (exact) mass is 679 g/mol. The first-order valence-corrected chi connectivity index (χ1v) is 20.1. The molecule has 0 saturated carbocycles. The van der Waals surface area contributed by atoms with Gasteiger partial charge in [-0.1, -0.05) is 95.3 Å². The molecule has 4 amide bonds. The number of imide groups is 1. The Morgan fingerprint density at radius 2 is 1.40 bits per heavy atom. The molecule has 1 aliphatic rings. The smallest absolute Gasteiger partial charge is 0.407 e. The average molecular weight is 680 g/mol. The van der Waals surface area contributed by atoms with E-state index in [4.69, 9.17) is 9.16 Å². The maximum absolute atomic E-state index is 14.3. The molecule has 2 N–H and O–H groups in total. The van der Waals surface area contributed by atoms with Crippen molar-refractivity contribution in [1.29, 1.82) is 0 Å². The zero-order valence-electron chi connectivity index (χ0n) is 30.6. The van der Waals surface area contributed by atoms with Crippen LogP contribution in [0, 0.1) is 11.8 Å². The van der Waals surface area contributed by atoms with Crippen LogP contribution in [0.25, 0.3) is 0 Å². The number of rotatable bonds is 14. The van der Waals surface area contributed by atoms with Crippen LogP contribution in [-0.4, -0.2) is 67.4 Å². The molecule has 0 aliphatic carbocycles. The van der Waals surface area contributed by atoms with Gasteiger partial charge in [0.25, 0.3) is 5.91 Å². The van der Waals surface area contributed by atoms with E-state index >= 15 is 0 Å². The van der Waals surface area contributed by atoms with E-state index in [-0.39, 0.29) is 35.1 Å². The van der Waals surface area contributed by atoms with Crippen LogP contribution in [-0.2, 0) is 36.4 Å². The van der Waals surface area contributed by atoms with Crippen molar-refractivity contribution in [3.63, 3.8) is 0 Å². The standard InChI is InChI=1S/C38H57N3O6Si/c1-26(2)33(35(44)41-22-21-32(41)42)40-34(43)29(23-27-17-13-11-14-18-27)25-31(47-48(9,10)38(6,7)8)30(24-28-19-15-12-16-20-28)39-36(45)46-37(3,4)5/h11-20,26,29-31,33H,21-25H2,1-10H3,(H,39,45)(H,40,43)/t29-,30-,31+,33-/m0/s1. The van der Waals surface area contributed by atoms with Crippen LogP contribution in [0.15, 0.2) is 60.7 Å². The Hall–Kier alpha value is -3.50. The number of carbonyl (C=O) groups is 4. The van der Waals surface area contributed by atoms with E-state index in [1.165, 1.54) is 4.90 Å². The molecule has 1 heterocycles. The number of hydrogen-bond acceptors (Lipinski definition) is 6. The lowest BCUT2D eigenvalue weighted by atomic mass is 9.88. The highest BCUT2D eigenvalue weighted by Crippen LogP contribution is 2.39. The third-order valence-corrected chi connectivity index (χ3v) is 13.8. The molecule has 1 fully saturated rings. The number of alkyl carbamates (subject to hydrolysis) is 1. The minimum atomic E-state index is -2.45. The summed E-state index contributed by atoms with van der Waals surface area (Å²) in [6.07, 6.45) is 0.354. The van der Waals surface area contributed by atoms with Crippen LogP contribution < -0.4 is 10.6 Å². The van der Waals surface area contributed by atoms with Gasteiger partial charge in [-0.05, 0) is 75.2 Å². The van der Waals surface area contributed by atoms with E-state index in [1.807, 2.05) is 95.3 Å². The van der Waals surface area contributed by atoms with E-state index in [0.717, 1.165) is 11.1 Å². The van der Waals surface area contributed by atoms with Gasteiger partial charge in [0, 0.05) is 18.9 Å². The number of nitrogens with zero attached hydrogens (tertiary/aromatic N) is 1. The molecule has 48 heavy (non-hydrogen) atoms. The first kappa shape index (κ1) is 38.9. The summed E-state index contributed by atoms with van der Waals surface area (Å²) in [6, 6.07) is 18.3. The molecule has 0 radical (unpaired) electrons. The topological polar surface area (TPSA) is 114 Å². The molecule has 9 nitrogen and oxygen atoms in total. The van der Waals surface area contributed by atoms with Crippen molar-refractivity contribution in [2.45, 2.75) is 123 Å². The van der Waals surface area contributed by atoms with E-state index in [2.05, 4.69) is 44.5 Å². The highest BCUT2D eigenvalue weighted by atomic mass is 28.4. The molecule has 2 aromatic carbocycles. The van der Waals surface area contributed by atoms with Crippen LogP contribution >= 0.6 is 0 Å². The molecule has 10 heteroatoms. The Bertz CT molecular complexity index is 1380. The summed E-state index contributed by atoms with van der Waals surface area (Å²) in [4.78, 5) is 54.4. The predicted octanol–water partition coefficient (Wildman–Crippen LogP) is 6.66. The van der Waals surface area contributed by atoms with E-state index in [9.17, 15) is 19.2 Å². The first-order chi connectivity index (χ1) is 22.3. The van der Waals surface area contributed by atoms with Gasteiger partial charge in [0.15, 0.2) is 8.32 Å². The van der Waals surface area contributed by atoms with Gasteiger partial charge in [-0.2, -0.15) is 0 Å². The minimum Gasteiger partial charge on any atom is -0.444 e. The summed E-state index contributed by atoms with van der Waals surface area (Å²) in [6.45, 7) is 20.4. The molecule has 0 spiro atoms. The van der Waals surface area contributed by atoms with Crippen molar-refractivity contribution < 1.29 is 28.3 Å². The number of carbonyl (C=O) groups excluding carboxylic acids is 4. The summed E-state index contributed by atoms with van der Waals surface area (Å²) >= 11 is 0. The van der Waals surface area contributed by atoms with Gasteiger partial charge in [-0.25, -0.2) is 4.79 Å². The van der Waals surface area contributed by atoms with E-state index in [0.29, 0.717) is 25.8 Å². The van der Waals surface area contributed by atoms with Gasteiger partial charge in [0.2, 0.25) is 11.8 Å². The quantitative estimate of drug-likeness (QED) is 0.171. The Kier molecular flexibility index (Phi) is 13.2. The maximum Gasteiger partial charge on any atom is 0.407 e. The number of benzene rings is 2.